The van der Waals surface area contributed by atoms with E-state index >= 15 is 0 Å². The van der Waals surface area contributed by atoms with E-state index in [-0.39, 0.29) is 23.2 Å². The molecule has 2 aromatic heterocycles. The largest absolute Gasteiger partial charge is 0.459 e. The van der Waals surface area contributed by atoms with Crippen LogP contribution in [-0.2, 0) is 6.42 Å². The van der Waals surface area contributed by atoms with Gasteiger partial charge in [0.05, 0.1) is 11.2 Å². The van der Waals surface area contributed by atoms with Crippen molar-refractivity contribution in [1.82, 2.24) is 15.0 Å². The summed E-state index contributed by atoms with van der Waals surface area (Å²) in [4.78, 5) is 28.8. The van der Waals surface area contributed by atoms with E-state index in [1.54, 1.807) is 29.2 Å². The smallest absolute Gasteiger partial charge is 0.289 e. The van der Waals surface area contributed by atoms with Crippen LogP contribution in [0.3, 0.4) is 0 Å². The molecule has 0 bridgehead atoms. The van der Waals surface area contributed by atoms with Crippen LogP contribution in [-0.4, -0.2) is 39.0 Å². The Morgan fingerprint density at radius 3 is 2.81 bits per heavy atom. The van der Waals surface area contributed by atoms with Gasteiger partial charge < -0.3 is 13.8 Å². The molecule has 9 nitrogen and oxygen atoms in total. The zero-order valence-electron chi connectivity index (χ0n) is 14.7. The second kappa shape index (κ2) is 8.26. The minimum absolute atomic E-state index is 0.0444. The standard InChI is InChI=1S/C18H18N4O5/c1-2-9-21(18(23)15-7-4-11-26-15)10-8-16-19-17(20-27-16)13-5-3-6-14(12-13)22(24)25/h3-7,11-12H,2,8-10H2,1H3. The molecule has 2 heterocycles. The highest BCUT2D eigenvalue weighted by atomic mass is 16.6. The average molecular weight is 370 g/mol. The van der Waals surface area contributed by atoms with Crippen LogP contribution in [0.2, 0.25) is 0 Å². The fraction of sp³-hybridized carbons (Fsp3) is 0.278. The van der Waals surface area contributed by atoms with Gasteiger partial charge in [0.25, 0.3) is 11.6 Å². The molecule has 1 aromatic carbocycles. The minimum Gasteiger partial charge on any atom is -0.459 e. The minimum atomic E-state index is -0.479. The molecule has 3 aromatic rings. The highest BCUT2D eigenvalue weighted by Gasteiger charge is 2.19. The van der Waals surface area contributed by atoms with Gasteiger partial charge in [-0.1, -0.05) is 24.2 Å². The quantitative estimate of drug-likeness (QED) is 0.441. The third-order valence-electron chi connectivity index (χ3n) is 3.89. The monoisotopic (exact) mass is 370 g/mol. The zero-order valence-corrected chi connectivity index (χ0v) is 14.7. The summed E-state index contributed by atoms with van der Waals surface area (Å²) in [5.41, 5.74) is 0.452. The van der Waals surface area contributed by atoms with Crippen molar-refractivity contribution >= 4 is 11.6 Å². The third kappa shape index (κ3) is 4.38. The van der Waals surface area contributed by atoms with Crippen LogP contribution in [0.5, 0.6) is 0 Å². The van der Waals surface area contributed by atoms with Crippen molar-refractivity contribution < 1.29 is 18.7 Å². The Labute approximate surface area is 154 Å². The van der Waals surface area contributed by atoms with Crippen LogP contribution in [0.15, 0.2) is 51.6 Å². The molecule has 0 spiro atoms. The molecule has 27 heavy (non-hydrogen) atoms. The van der Waals surface area contributed by atoms with Gasteiger partial charge in [0.2, 0.25) is 11.7 Å². The van der Waals surface area contributed by atoms with Crippen molar-refractivity contribution in [1.29, 1.82) is 0 Å². The van der Waals surface area contributed by atoms with Gasteiger partial charge in [0.15, 0.2) is 5.76 Å². The van der Waals surface area contributed by atoms with E-state index in [0.29, 0.717) is 31.0 Å². The van der Waals surface area contributed by atoms with Crippen molar-refractivity contribution in [2.45, 2.75) is 19.8 Å². The number of furan rings is 1. The molecule has 0 fully saturated rings. The number of non-ortho nitro benzene ring substituents is 1. The zero-order chi connectivity index (χ0) is 19.2. The van der Waals surface area contributed by atoms with Crippen LogP contribution in [0.25, 0.3) is 11.4 Å². The molecule has 9 heteroatoms. The maximum atomic E-state index is 12.4. The Kier molecular flexibility index (Phi) is 5.60. The van der Waals surface area contributed by atoms with E-state index in [4.69, 9.17) is 8.94 Å². The fourth-order valence-corrected chi connectivity index (χ4v) is 2.60. The highest BCUT2D eigenvalue weighted by Crippen LogP contribution is 2.21. The van der Waals surface area contributed by atoms with Crippen molar-refractivity contribution in [2.75, 3.05) is 13.1 Å². The van der Waals surface area contributed by atoms with Gasteiger partial charge in [-0.05, 0) is 18.6 Å². The highest BCUT2D eigenvalue weighted by molar-refractivity contribution is 5.91. The van der Waals surface area contributed by atoms with E-state index in [9.17, 15) is 14.9 Å². The second-order valence-corrected chi connectivity index (χ2v) is 5.84. The number of carbonyl (C=O) groups is 1. The maximum absolute atomic E-state index is 12.4. The molecule has 0 aliphatic carbocycles. The number of nitro benzene ring substituents is 1. The summed E-state index contributed by atoms with van der Waals surface area (Å²) in [6.07, 6.45) is 2.63. The summed E-state index contributed by atoms with van der Waals surface area (Å²) in [5.74, 6) is 0.712. The number of nitrogens with zero attached hydrogens (tertiary/aromatic N) is 4. The van der Waals surface area contributed by atoms with Crippen LogP contribution < -0.4 is 0 Å². The van der Waals surface area contributed by atoms with Gasteiger partial charge in [0.1, 0.15) is 0 Å². The molecule has 0 N–H and O–H groups in total. The first-order valence-electron chi connectivity index (χ1n) is 8.48. The predicted molar refractivity (Wildman–Crippen MR) is 95.0 cm³/mol. The summed E-state index contributed by atoms with van der Waals surface area (Å²) in [7, 11) is 0. The lowest BCUT2D eigenvalue weighted by Gasteiger charge is -2.19. The second-order valence-electron chi connectivity index (χ2n) is 5.84. The average Bonchev–Trinajstić information content (AvgIpc) is 3.36. The molecule has 3 rings (SSSR count). The first kappa shape index (κ1) is 18.3. The van der Waals surface area contributed by atoms with Crippen LogP contribution in [0.1, 0.15) is 29.8 Å². The first-order chi connectivity index (χ1) is 13.1. The van der Waals surface area contributed by atoms with Crippen molar-refractivity contribution in [3.8, 4) is 11.4 Å². The van der Waals surface area contributed by atoms with Crippen molar-refractivity contribution in [2.24, 2.45) is 0 Å². The number of aromatic nitrogens is 2. The number of rotatable bonds is 8. The number of carbonyl (C=O) groups excluding carboxylic acids is 1. The summed E-state index contributed by atoms with van der Waals surface area (Å²) < 4.78 is 10.4. The molecular formula is C18H18N4O5. The number of benzene rings is 1. The number of hydrogen-bond donors (Lipinski definition) is 0. The van der Waals surface area contributed by atoms with E-state index in [1.165, 1.54) is 18.4 Å². The summed E-state index contributed by atoms with van der Waals surface area (Å²) in [5, 5.41) is 14.8. The van der Waals surface area contributed by atoms with Gasteiger partial charge in [-0.25, -0.2) is 0 Å². The fourth-order valence-electron chi connectivity index (χ4n) is 2.60. The van der Waals surface area contributed by atoms with E-state index < -0.39 is 4.92 Å². The Morgan fingerprint density at radius 2 is 2.11 bits per heavy atom. The van der Waals surface area contributed by atoms with Crippen LogP contribution in [0, 0.1) is 10.1 Å². The molecular weight excluding hydrogens is 352 g/mol. The normalized spacial score (nSPS) is 10.7. The Balaban J connectivity index is 1.68. The van der Waals surface area contributed by atoms with E-state index in [2.05, 4.69) is 10.1 Å². The van der Waals surface area contributed by atoms with Gasteiger partial charge in [-0.3, -0.25) is 14.9 Å². The van der Waals surface area contributed by atoms with E-state index in [1.807, 2.05) is 6.92 Å². The van der Waals surface area contributed by atoms with Gasteiger partial charge >= 0.3 is 0 Å². The molecule has 140 valence electrons. The van der Waals surface area contributed by atoms with Crippen LogP contribution in [0.4, 0.5) is 5.69 Å². The molecule has 0 atom stereocenters. The van der Waals surface area contributed by atoms with Gasteiger partial charge in [0, 0.05) is 37.2 Å². The summed E-state index contributed by atoms with van der Waals surface area (Å²) >= 11 is 0. The number of nitro groups is 1. The summed E-state index contributed by atoms with van der Waals surface area (Å²) in [6.45, 7) is 2.95. The lowest BCUT2D eigenvalue weighted by atomic mass is 10.2. The summed E-state index contributed by atoms with van der Waals surface area (Å²) in [6, 6.07) is 9.31. The molecule has 0 saturated carbocycles. The number of hydrogen-bond acceptors (Lipinski definition) is 7. The number of amides is 1. The first-order valence-corrected chi connectivity index (χ1v) is 8.48. The third-order valence-corrected chi connectivity index (χ3v) is 3.89. The Hall–Kier alpha value is -3.49. The molecule has 1 amide bonds. The van der Waals surface area contributed by atoms with Crippen molar-refractivity contribution in [3.63, 3.8) is 0 Å². The van der Waals surface area contributed by atoms with E-state index in [0.717, 1.165) is 6.42 Å². The van der Waals surface area contributed by atoms with Gasteiger partial charge in [-0.15, -0.1) is 0 Å². The molecule has 0 saturated heterocycles. The molecule has 0 aliphatic heterocycles. The maximum Gasteiger partial charge on any atom is 0.289 e. The lowest BCUT2D eigenvalue weighted by molar-refractivity contribution is -0.384. The Bertz CT molecular complexity index is 919. The molecule has 0 radical (unpaired) electrons. The molecule has 0 aliphatic rings. The van der Waals surface area contributed by atoms with Crippen LogP contribution >= 0.6 is 0 Å². The van der Waals surface area contributed by atoms with Gasteiger partial charge in [-0.2, -0.15) is 4.98 Å². The lowest BCUT2D eigenvalue weighted by Crippen LogP contribution is -2.33. The topological polar surface area (TPSA) is 116 Å². The van der Waals surface area contributed by atoms with Crippen molar-refractivity contribution in [3.05, 3.63) is 64.4 Å². The molecule has 0 unspecified atom stereocenters. The SMILES string of the molecule is CCCN(CCc1nc(-c2cccc([N+](=O)[O-])c2)no1)C(=O)c1ccco1. The Morgan fingerprint density at radius 1 is 1.26 bits per heavy atom. The predicted octanol–water partition coefficient (Wildman–Crippen LogP) is 3.33.